The molecule has 0 radical (unpaired) electrons. The maximum absolute atomic E-state index is 12.0. The zero-order valence-electron chi connectivity index (χ0n) is 21.1. The van der Waals surface area contributed by atoms with Crippen molar-refractivity contribution in [1.82, 2.24) is 15.3 Å². The summed E-state index contributed by atoms with van der Waals surface area (Å²) in [5, 5.41) is 14.5. The summed E-state index contributed by atoms with van der Waals surface area (Å²) in [7, 11) is 0. The zero-order chi connectivity index (χ0) is 25.6. The van der Waals surface area contributed by atoms with Crippen LogP contribution in [0, 0.1) is 17.2 Å². The van der Waals surface area contributed by atoms with Gasteiger partial charge < -0.3 is 20.3 Å². The lowest BCUT2D eigenvalue weighted by atomic mass is 9.89. The molecule has 2 aliphatic heterocycles. The van der Waals surface area contributed by atoms with Gasteiger partial charge in [0.2, 0.25) is 5.95 Å². The molecule has 37 heavy (non-hydrogen) atoms. The van der Waals surface area contributed by atoms with Crippen LogP contribution in [0.1, 0.15) is 43.0 Å². The minimum absolute atomic E-state index is 0.0176. The van der Waals surface area contributed by atoms with Gasteiger partial charge in [0.1, 0.15) is 6.54 Å². The molecule has 2 atom stereocenters. The number of benzene rings is 2. The molecule has 2 aromatic carbocycles. The summed E-state index contributed by atoms with van der Waals surface area (Å²) in [6.07, 6.45) is 7.36. The summed E-state index contributed by atoms with van der Waals surface area (Å²) in [6.45, 7) is 4.30. The number of nitrogens with one attached hydrogen (secondary N) is 2. The second-order valence-electron chi connectivity index (χ2n) is 9.74. The molecular weight excluding hydrogens is 464 g/mol. The second kappa shape index (κ2) is 11.4. The first-order valence-corrected chi connectivity index (χ1v) is 12.9. The number of rotatable bonds is 7. The van der Waals surface area contributed by atoms with Gasteiger partial charge in [0, 0.05) is 41.8 Å². The van der Waals surface area contributed by atoms with Crippen LogP contribution in [0.5, 0.6) is 0 Å². The van der Waals surface area contributed by atoms with Gasteiger partial charge in [-0.25, -0.2) is 9.97 Å². The van der Waals surface area contributed by atoms with Crippen LogP contribution in [-0.4, -0.2) is 47.7 Å². The number of carbonyl (C=O) groups is 1. The van der Waals surface area contributed by atoms with E-state index in [2.05, 4.69) is 56.7 Å². The van der Waals surface area contributed by atoms with E-state index in [0.717, 1.165) is 30.0 Å². The van der Waals surface area contributed by atoms with Gasteiger partial charge in [-0.15, -0.1) is 0 Å². The number of hydrogen-bond acceptors (Lipinski definition) is 7. The molecule has 2 fully saturated rings. The number of aromatic nitrogens is 2. The number of nitriles is 1. The summed E-state index contributed by atoms with van der Waals surface area (Å²) in [4.78, 5) is 23.5. The number of piperidine rings is 1. The Hall–Kier alpha value is -3.96. The van der Waals surface area contributed by atoms with E-state index in [1.54, 1.807) is 18.3 Å². The molecule has 1 amide bonds. The van der Waals surface area contributed by atoms with Crippen molar-refractivity contribution >= 4 is 23.2 Å². The molecule has 2 N–H and O–H groups in total. The van der Waals surface area contributed by atoms with Crippen LogP contribution in [-0.2, 0) is 4.74 Å². The van der Waals surface area contributed by atoms with E-state index in [0.29, 0.717) is 29.6 Å². The highest BCUT2D eigenvalue weighted by Crippen LogP contribution is 2.33. The number of carbonyl (C=O) groups excluding carboxylic acids is 1. The monoisotopic (exact) mass is 496 g/mol. The molecule has 3 aromatic rings. The van der Waals surface area contributed by atoms with Crippen LogP contribution < -0.4 is 15.5 Å². The third kappa shape index (κ3) is 6.07. The van der Waals surface area contributed by atoms with E-state index < -0.39 is 0 Å². The van der Waals surface area contributed by atoms with Crippen molar-refractivity contribution in [2.75, 3.05) is 29.9 Å². The van der Waals surface area contributed by atoms with E-state index in [-0.39, 0.29) is 12.5 Å². The summed E-state index contributed by atoms with van der Waals surface area (Å²) in [5.41, 5.74) is 4.28. The molecule has 0 bridgehead atoms. The van der Waals surface area contributed by atoms with E-state index >= 15 is 0 Å². The highest BCUT2D eigenvalue weighted by Gasteiger charge is 2.32. The lowest BCUT2D eigenvalue weighted by molar-refractivity contribution is 0.0123. The molecule has 0 spiro atoms. The van der Waals surface area contributed by atoms with E-state index in [9.17, 15) is 4.79 Å². The summed E-state index contributed by atoms with van der Waals surface area (Å²) >= 11 is 0. The first-order valence-electron chi connectivity index (χ1n) is 12.9. The molecule has 0 saturated carbocycles. The first-order chi connectivity index (χ1) is 18.1. The average molecular weight is 497 g/mol. The van der Waals surface area contributed by atoms with Crippen LogP contribution in [0.15, 0.2) is 60.8 Å². The van der Waals surface area contributed by atoms with Gasteiger partial charge in [-0.2, -0.15) is 5.26 Å². The van der Waals surface area contributed by atoms with Crippen molar-refractivity contribution in [3.8, 4) is 17.3 Å². The fourth-order valence-electron chi connectivity index (χ4n) is 5.19. The Morgan fingerprint density at radius 2 is 1.81 bits per heavy atom. The molecule has 190 valence electrons. The molecule has 5 rings (SSSR count). The van der Waals surface area contributed by atoms with E-state index in [4.69, 9.17) is 10.00 Å². The maximum Gasteiger partial charge on any atom is 0.252 e. The highest BCUT2D eigenvalue weighted by molar-refractivity contribution is 5.94. The van der Waals surface area contributed by atoms with Crippen molar-refractivity contribution < 1.29 is 9.53 Å². The lowest BCUT2D eigenvalue weighted by Crippen LogP contribution is -2.37. The molecule has 1 aromatic heterocycles. The van der Waals surface area contributed by atoms with Crippen LogP contribution >= 0.6 is 0 Å². The highest BCUT2D eigenvalue weighted by atomic mass is 16.5. The number of nitrogens with zero attached hydrogens (tertiary/aromatic N) is 4. The Morgan fingerprint density at radius 1 is 1.05 bits per heavy atom. The van der Waals surface area contributed by atoms with Gasteiger partial charge in [-0.1, -0.05) is 12.1 Å². The zero-order valence-corrected chi connectivity index (χ0v) is 21.1. The molecule has 2 saturated heterocycles. The predicted molar refractivity (Wildman–Crippen MR) is 144 cm³/mol. The molecular formula is C29H32N6O2. The van der Waals surface area contributed by atoms with Gasteiger partial charge in [-0.05, 0) is 81.0 Å². The molecule has 8 nitrogen and oxygen atoms in total. The van der Waals surface area contributed by atoms with Crippen molar-refractivity contribution in [1.29, 1.82) is 5.26 Å². The molecule has 0 aliphatic carbocycles. The minimum Gasteiger partial charge on any atom is -0.375 e. The first kappa shape index (κ1) is 24.7. The fourth-order valence-corrected chi connectivity index (χ4v) is 5.19. The topological polar surface area (TPSA) is 103 Å². The maximum atomic E-state index is 12.0. The summed E-state index contributed by atoms with van der Waals surface area (Å²) in [6, 6.07) is 19.3. The predicted octanol–water partition coefficient (Wildman–Crippen LogP) is 4.92. The van der Waals surface area contributed by atoms with Gasteiger partial charge in [0.25, 0.3) is 5.91 Å². The third-order valence-corrected chi connectivity index (χ3v) is 7.25. The molecule has 8 heteroatoms. The molecule has 3 heterocycles. The average Bonchev–Trinajstić information content (AvgIpc) is 3.39. The molecule has 2 aliphatic rings. The Kier molecular flexibility index (Phi) is 7.62. The van der Waals surface area contributed by atoms with Crippen LogP contribution in [0.3, 0.4) is 0 Å². The van der Waals surface area contributed by atoms with Crippen LogP contribution in [0.4, 0.5) is 17.3 Å². The smallest absolute Gasteiger partial charge is 0.252 e. The quantitative estimate of drug-likeness (QED) is 0.447. The third-order valence-electron chi connectivity index (χ3n) is 7.25. The Balaban J connectivity index is 1.18. The van der Waals surface area contributed by atoms with Crippen molar-refractivity contribution in [3.63, 3.8) is 0 Å². The van der Waals surface area contributed by atoms with Crippen molar-refractivity contribution in [2.45, 2.75) is 44.8 Å². The molecule has 2 unspecified atom stereocenters. The largest absolute Gasteiger partial charge is 0.375 e. The van der Waals surface area contributed by atoms with Gasteiger partial charge in [0.05, 0.1) is 24.0 Å². The van der Waals surface area contributed by atoms with Crippen LogP contribution in [0.25, 0.3) is 11.3 Å². The van der Waals surface area contributed by atoms with Crippen molar-refractivity contribution in [3.05, 3.63) is 66.4 Å². The lowest BCUT2D eigenvalue weighted by Gasteiger charge is -2.36. The summed E-state index contributed by atoms with van der Waals surface area (Å²) in [5.74, 6) is 0.916. The van der Waals surface area contributed by atoms with Crippen LogP contribution in [0.2, 0.25) is 0 Å². The number of amides is 1. The van der Waals surface area contributed by atoms with Gasteiger partial charge in [0.15, 0.2) is 0 Å². The Bertz CT molecular complexity index is 1250. The second-order valence-corrected chi connectivity index (χ2v) is 9.74. The summed E-state index contributed by atoms with van der Waals surface area (Å²) < 4.78 is 6.11. The number of ether oxygens (including phenoxy) is 1. The Morgan fingerprint density at radius 3 is 2.49 bits per heavy atom. The Labute approximate surface area is 217 Å². The van der Waals surface area contributed by atoms with Gasteiger partial charge >= 0.3 is 0 Å². The van der Waals surface area contributed by atoms with Gasteiger partial charge in [-0.3, -0.25) is 4.79 Å². The van der Waals surface area contributed by atoms with E-state index in [1.807, 2.05) is 24.3 Å². The normalized spacial score (nSPS) is 19.8. The SMILES string of the molecule is CC1CCC(C2CCN(c3ccc(Nc4nccc(-c5ccc(C(=O)NCC#N)cc5)n4)cc3)CC2)O1. The van der Waals surface area contributed by atoms with E-state index in [1.165, 1.54) is 31.4 Å². The minimum atomic E-state index is -0.275. The van der Waals surface area contributed by atoms with Crippen molar-refractivity contribution in [2.24, 2.45) is 5.92 Å². The fraction of sp³-hybridized carbons (Fsp3) is 0.379. The standard InChI is InChI=1S/C29H32N6O2/c1-20-2-11-27(37-20)22-13-18-35(19-14-22)25-9-7-24(8-10-25)33-29-32-16-12-26(34-29)21-3-5-23(6-4-21)28(36)31-17-15-30/h3-10,12,16,20,22,27H,2,11,13-14,17-19H2,1H3,(H,31,36)(H,32,33,34). The number of hydrogen-bond donors (Lipinski definition) is 2. The number of anilines is 3.